The molecule has 0 saturated carbocycles. The van der Waals surface area contributed by atoms with Gasteiger partial charge in [0.1, 0.15) is 6.04 Å². The van der Waals surface area contributed by atoms with Crippen molar-refractivity contribution < 1.29 is 14.3 Å². The van der Waals surface area contributed by atoms with Crippen LogP contribution in [-0.4, -0.2) is 39.6 Å². The van der Waals surface area contributed by atoms with Gasteiger partial charge in [0.2, 0.25) is 11.1 Å². The molecule has 208 valence electrons. The predicted molar refractivity (Wildman–Crippen MR) is 161 cm³/mol. The molecular weight excluding hydrogens is 578 g/mol. The van der Waals surface area contributed by atoms with Crippen molar-refractivity contribution in [1.29, 1.82) is 0 Å². The fourth-order valence-corrected chi connectivity index (χ4v) is 5.86. The number of fused-ring (bicyclic) bond motifs is 1. The van der Waals surface area contributed by atoms with Gasteiger partial charge in [0.05, 0.1) is 23.3 Å². The van der Waals surface area contributed by atoms with Crippen LogP contribution in [0.25, 0.3) is 0 Å². The summed E-state index contributed by atoms with van der Waals surface area (Å²) in [7, 11) is 0. The summed E-state index contributed by atoms with van der Waals surface area (Å²) in [6.45, 7) is 11.1. The summed E-state index contributed by atoms with van der Waals surface area (Å²) >= 11 is 5.32. The molecule has 1 aliphatic heterocycles. The van der Waals surface area contributed by atoms with Gasteiger partial charge in [0, 0.05) is 17.1 Å². The smallest absolute Gasteiger partial charge is 0.255 e. The Balaban J connectivity index is 1.81. The summed E-state index contributed by atoms with van der Waals surface area (Å²) in [6.07, 6.45) is 3.06. The van der Waals surface area contributed by atoms with Crippen LogP contribution >= 0.6 is 27.7 Å². The van der Waals surface area contributed by atoms with Gasteiger partial charge in [-0.25, -0.2) is 4.68 Å². The lowest BCUT2D eigenvalue weighted by molar-refractivity contribution is -0.113. The molecule has 0 radical (unpaired) electrons. The Bertz CT molecular complexity index is 1360. The highest BCUT2D eigenvalue weighted by Crippen LogP contribution is 2.43. The molecule has 2 heterocycles. The van der Waals surface area contributed by atoms with E-state index in [2.05, 4.69) is 40.4 Å². The molecule has 0 fully saturated rings. The summed E-state index contributed by atoms with van der Waals surface area (Å²) < 4.78 is 14.6. The van der Waals surface area contributed by atoms with Crippen LogP contribution < -0.4 is 20.1 Å². The Morgan fingerprint density at radius 1 is 1.15 bits per heavy atom. The lowest BCUT2D eigenvalue weighted by Crippen LogP contribution is -2.31. The van der Waals surface area contributed by atoms with Gasteiger partial charge in [-0.3, -0.25) is 4.79 Å². The molecule has 2 N–H and O–H groups in total. The molecule has 0 spiro atoms. The van der Waals surface area contributed by atoms with Crippen LogP contribution in [0.15, 0.2) is 57.3 Å². The number of ether oxygens (including phenoxy) is 2. The first-order valence-electron chi connectivity index (χ1n) is 13.4. The van der Waals surface area contributed by atoms with Crippen molar-refractivity contribution in [1.82, 2.24) is 14.8 Å². The number of anilines is 2. The third-order valence-electron chi connectivity index (χ3n) is 6.18. The first-order chi connectivity index (χ1) is 18.9. The van der Waals surface area contributed by atoms with Crippen LogP contribution in [0.3, 0.4) is 0 Å². The maximum absolute atomic E-state index is 13.9. The first kappa shape index (κ1) is 29.0. The Kier molecular flexibility index (Phi) is 9.96. The number of halogens is 1. The van der Waals surface area contributed by atoms with Gasteiger partial charge >= 0.3 is 0 Å². The third kappa shape index (κ3) is 6.78. The Hall–Kier alpha value is -2.98. The van der Waals surface area contributed by atoms with E-state index in [4.69, 9.17) is 19.6 Å². The second-order valence-electron chi connectivity index (χ2n) is 9.37. The molecular formula is C29H36BrN5O3S. The molecule has 0 saturated heterocycles. The summed E-state index contributed by atoms with van der Waals surface area (Å²) in [5.41, 5.74) is 3.91. The van der Waals surface area contributed by atoms with E-state index < -0.39 is 6.04 Å². The van der Waals surface area contributed by atoms with E-state index >= 15 is 0 Å². The SMILES string of the molecule is CCCCSc1nc2n(n1)C(c1cc(Br)c(OCCC)c(OCC)c1)C(C(=O)Nc1cccc(C)c1)=C(C)N2. The fraction of sp³-hybridized carbons (Fsp3) is 0.414. The van der Waals surface area contributed by atoms with Crippen molar-refractivity contribution in [2.75, 3.05) is 29.6 Å². The zero-order chi connectivity index (χ0) is 27.9. The van der Waals surface area contributed by atoms with Crippen LogP contribution in [-0.2, 0) is 4.79 Å². The number of aromatic nitrogens is 3. The van der Waals surface area contributed by atoms with Crippen LogP contribution in [0.1, 0.15) is 64.1 Å². The van der Waals surface area contributed by atoms with Crippen LogP contribution in [0.4, 0.5) is 11.6 Å². The van der Waals surface area contributed by atoms with Crippen molar-refractivity contribution in [2.24, 2.45) is 0 Å². The minimum absolute atomic E-state index is 0.211. The van der Waals surface area contributed by atoms with Crippen molar-refractivity contribution in [3.8, 4) is 11.5 Å². The summed E-state index contributed by atoms with van der Waals surface area (Å²) in [5, 5.41) is 11.9. The number of rotatable bonds is 12. The highest BCUT2D eigenvalue weighted by molar-refractivity contribution is 9.10. The average Bonchev–Trinajstić information content (AvgIpc) is 3.29. The number of allylic oxidation sites excluding steroid dienone is 1. The van der Waals surface area contributed by atoms with Crippen molar-refractivity contribution >= 4 is 45.2 Å². The lowest BCUT2D eigenvalue weighted by atomic mass is 9.94. The van der Waals surface area contributed by atoms with Gasteiger partial charge in [0.25, 0.3) is 5.91 Å². The highest BCUT2D eigenvalue weighted by Gasteiger charge is 2.35. The minimum atomic E-state index is -0.533. The molecule has 1 aliphatic rings. The number of hydrogen-bond donors (Lipinski definition) is 2. The lowest BCUT2D eigenvalue weighted by Gasteiger charge is -2.29. The zero-order valence-electron chi connectivity index (χ0n) is 23.1. The van der Waals surface area contributed by atoms with E-state index in [0.29, 0.717) is 41.4 Å². The predicted octanol–water partition coefficient (Wildman–Crippen LogP) is 7.36. The van der Waals surface area contributed by atoms with Crippen molar-refractivity contribution in [2.45, 2.75) is 65.1 Å². The fourth-order valence-electron chi connectivity index (χ4n) is 4.38. The third-order valence-corrected chi connectivity index (χ3v) is 7.69. The van der Waals surface area contributed by atoms with Gasteiger partial charge in [-0.05, 0) is 84.9 Å². The van der Waals surface area contributed by atoms with Gasteiger partial charge < -0.3 is 20.1 Å². The molecule has 4 rings (SSSR count). The number of benzene rings is 2. The number of aryl methyl sites for hydroxylation is 1. The summed E-state index contributed by atoms with van der Waals surface area (Å²) in [6, 6.07) is 11.2. The molecule has 1 aromatic heterocycles. The van der Waals surface area contributed by atoms with E-state index in [9.17, 15) is 4.79 Å². The molecule has 1 unspecified atom stereocenters. The monoisotopic (exact) mass is 613 g/mol. The molecule has 1 atom stereocenters. The molecule has 39 heavy (non-hydrogen) atoms. The van der Waals surface area contributed by atoms with Crippen LogP contribution in [0.2, 0.25) is 0 Å². The number of hydrogen-bond acceptors (Lipinski definition) is 7. The number of thioether (sulfide) groups is 1. The van der Waals surface area contributed by atoms with E-state index in [1.54, 1.807) is 16.4 Å². The van der Waals surface area contributed by atoms with Gasteiger partial charge in [-0.15, -0.1) is 5.10 Å². The van der Waals surface area contributed by atoms with E-state index in [1.165, 1.54) is 0 Å². The summed E-state index contributed by atoms with van der Waals surface area (Å²) in [4.78, 5) is 18.6. The largest absolute Gasteiger partial charge is 0.490 e. The molecule has 0 aliphatic carbocycles. The first-order valence-corrected chi connectivity index (χ1v) is 15.2. The van der Waals surface area contributed by atoms with Crippen molar-refractivity contribution in [3.05, 3.63) is 63.3 Å². The van der Waals surface area contributed by atoms with Crippen LogP contribution in [0.5, 0.6) is 11.5 Å². The van der Waals surface area contributed by atoms with E-state index in [-0.39, 0.29) is 5.91 Å². The molecule has 0 bridgehead atoms. The second kappa shape index (κ2) is 13.4. The maximum Gasteiger partial charge on any atom is 0.255 e. The normalized spacial score (nSPS) is 14.6. The second-order valence-corrected chi connectivity index (χ2v) is 11.3. The van der Waals surface area contributed by atoms with Crippen molar-refractivity contribution in [3.63, 3.8) is 0 Å². The van der Waals surface area contributed by atoms with Gasteiger partial charge in [0.15, 0.2) is 11.5 Å². The number of unbranched alkanes of at least 4 members (excludes halogenated alkanes) is 1. The number of nitrogens with zero attached hydrogens (tertiary/aromatic N) is 3. The van der Waals surface area contributed by atoms with Crippen LogP contribution in [0, 0.1) is 6.92 Å². The Labute approximate surface area is 243 Å². The molecule has 8 nitrogen and oxygen atoms in total. The molecule has 2 aromatic carbocycles. The van der Waals surface area contributed by atoms with E-state index in [1.807, 2.05) is 57.2 Å². The quantitative estimate of drug-likeness (QED) is 0.163. The standard InChI is InChI=1S/C29H36BrN5O3S/c1-6-9-14-39-29-33-28-31-19(5)24(27(36)32-21-12-10-11-18(4)15-21)25(35(28)34-29)20-16-22(30)26(38-13-7-2)23(17-20)37-8-3/h10-12,15-17,25H,6-9,13-14H2,1-5H3,(H,32,36)(H,31,33,34). The van der Waals surface area contributed by atoms with Gasteiger partial charge in [-0.1, -0.05) is 44.2 Å². The van der Waals surface area contributed by atoms with E-state index in [0.717, 1.165) is 52.0 Å². The minimum Gasteiger partial charge on any atom is -0.490 e. The topological polar surface area (TPSA) is 90.3 Å². The summed E-state index contributed by atoms with van der Waals surface area (Å²) in [5.74, 6) is 2.59. The molecule has 3 aromatic rings. The number of amides is 1. The number of nitrogens with one attached hydrogen (secondary N) is 2. The average molecular weight is 615 g/mol. The number of carbonyl (C=O) groups excluding carboxylic acids is 1. The van der Waals surface area contributed by atoms with Gasteiger partial charge in [-0.2, -0.15) is 4.98 Å². The Morgan fingerprint density at radius 2 is 1.97 bits per heavy atom. The maximum atomic E-state index is 13.9. The molecule has 1 amide bonds. The zero-order valence-corrected chi connectivity index (χ0v) is 25.5. The number of carbonyl (C=O) groups is 1. The highest BCUT2D eigenvalue weighted by atomic mass is 79.9. The molecule has 10 heteroatoms. The Morgan fingerprint density at radius 3 is 2.69 bits per heavy atom.